The summed E-state index contributed by atoms with van der Waals surface area (Å²) < 4.78 is 0. The Kier molecular flexibility index (Phi) is 2.89. The van der Waals surface area contributed by atoms with Gasteiger partial charge in [0.1, 0.15) is 10.7 Å². The summed E-state index contributed by atoms with van der Waals surface area (Å²) in [5.74, 6) is -0.281. The first-order chi connectivity index (χ1) is 7.25. The first-order valence-electron chi connectivity index (χ1n) is 3.95. The molecule has 2 aromatic rings. The number of amides is 1. The van der Waals surface area contributed by atoms with Crippen LogP contribution >= 0.6 is 22.9 Å². The molecule has 2 rings (SSSR count). The van der Waals surface area contributed by atoms with Crippen molar-refractivity contribution in [2.75, 3.05) is 5.32 Å². The molecule has 0 aromatic carbocycles. The summed E-state index contributed by atoms with van der Waals surface area (Å²) in [5, 5.41) is 10.6. The van der Waals surface area contributed by atoms with E-state index >= 15 is 0 Å². The molecule has 1 amide bonds. The van der Waals surface area contributed by atoms with E-state index in [1.54, 1.807) is 6.07 Å². The van der Waals surface area contributed by atoms with Crippen molar-refractivity contribution in [1.82, 2.24) is 15.2 Å². The lowest BCUT2D eigenvalue weighted by Crippen LogP contribution is -2.11. The van der Waals surface area contributed by atoms with E-state index in [0.29, 0.717) is 10.7 Å². The Morgan fingerprint density at radius 3 is 3.07 bits per heavy atom. The Morgan fingerprint density at radius 2 is 2.40 bits per heavy atom. The van der Waals surface area contributed by atoms with Crippen molar-refractivity contribution < 1.29 is 4.79 Å². The number of pyridine rings is 1. The van der Waals surface area contributed by atoms with Crippen LogP contribution in [0.15, 0.2) is 23.8 Å². The van der Waals surface area contributed by atoms with Gasteiger partial charge in [-0.25, -0.2) is 4.98 Å². The molecule has 1 N–H and O–H groups in total. The number of carbonyl (C=O) groups is 1. The van der Waals surface area contributed by atoms with Gasteiger partial charge >= 0.3 is 0 Å². The van der Waals surface area contributed by atoms with Gasteiger partial charge in [-0.05, 0) is 12.1 Å². The fraction of sp³-hybridized carbons (Fsp3) is 0. The monoisotopic (exact) mass is 240 g/mol. The van der Waals surface area contributed by atoms with Crippen molar-refractivity contribution >= 4 is 34.0 Å². The molecule has 0 unspecified atom stereocenters. The number of nitrogens with one attached hydrogen (secondary N) is 1. The molecule has 0 aliphatic rings. The van der Waals surface area contributed by atoms with Crippen LogP contribution in [0, 0.1) is 0 Å². The molecule has 2 aromatic heterocycles. The molecule has 0 aliphatic carbocycles. The van der Waals surface area contributed by atoms with Crippen LogP contribution in [0.5, 0.6) is 0 Å². The largest absolute Gasteiger partial charge is 0.296 e. The van der Waals surface area contributed by atoms with E-state index in [0.717, 1.165) is 0 Å². The molecule has 0 bridgehead atoms. The summed E-state index contributed by atoms with van der Waals surface area (Å²) in [6.07, 6.45) is 1.47. The smallest absolute Gasteiger partial charge is 0.257 e. The summed E-state index contributed by atoms with van der Waals surface area (Å²) in [4.78, 5) is 15.4. The highest BCUT2D eigenvalue weighted by atomic mass is 35.5. The number of rotatable bonds is 2. The van der Waals surface area contributed by atoms with Crippen LogP contribution in [-0.4, -0.2) is 21.1 Å². The normalized spacial score (nSPS) is 9.93. The van der Waals surface area contributed by atoms with Crippen molar-refractivity contribution in [1.29, 1.82) is 0 Å². The number of hydrogen-bond donors (Lipinski definition) is 1. The number of anilines is 1. The van der Waals surface area contributed by atoms with Crippen LogP contribution in [-0.2, 0) is 0 Å². The van der Waals surface area contributed by atoms with Crippen molar-refractivity contribution in [2.24, 2.45) is 0 Å². The molecule has 76 valence electrons. The Morgan fingerprint density at radius 1 is 1.53 bits per heavy atom. The Balaban J connectivity index is 2.15. The van der Waals surface area contributed by atoms with E-state index < -0.39 is 0 Å². The SMILES string of the molecule is O=C(Nc1nncs1)c1ccnc(Cl)c1. The van der Waals surface area contributed by atoms with Gasteiger partial charge in [-0.1, -0.05) is 22.9 Å². The first kappa shape index (κ1) is 10.0. The molecule has 15 heavy (non-hydrogen) atoms. The van der Waals surface area contributed by atoms with Gasteiger partial charge < -0.3 is 0 Å². The number of aromatic nitrogens is 3. The third-order valence-corrected chi connectivity index (χ3v) is 2.38. The Labute approximate surface area is 94.1 Å². The van der Waals surface area contributed by atoms with E-state index in [-0.39, 0.29) is 11.1 Å². The Hall–Kier alpha value is -1.53. The zero-order valence-electron chi connectivity index (χ0n) is 7.35. The van der Waals surface area contributed by atoms with Gasteiger partial charge in [-0.15, -0.1) is 10.2 Å². The molecule has 0 aliphatic heterocycles. The van der Waals surface area contributed by atoms with Crippen LogP contribution in [0.3, 0.4) is 0 Å². The zero-order chi connectivity index (χ0) is 10.7. The molecule has 0 atom stereocenters. The van der Waals surface area contributed by atoms with E-state index in [1.165, 1.54) is 29.1 Å². The second-order valence-electron chi connectivity index (χ2n) is 2.57. The van der Waals surface area contributed by atoms with Crippen molar-refractivity contribution in [3.8, 4) is 0 Å². The van der Waals surface area contributed by atoms with Gasteiger partial charge in [0.15, 0.2) is 0 Å². The van der Waals surface area contributed by atoms with E-state index in [9.17, 15) is 4.79 Å². The predicted octanol–water partition coefficient (Wildman–Crippen LogP) is 1.84. The fourth-order valence-electron chi connectivity index (χ4n) is 0.941. The topological polar surface area (TPSA) is 67.8 Å². The van der Waals surface area contributed by atoms with Gasteiger partial charge in [0, 0.05) is 11.8 Å². The molecule has 0 fully saturated rings. The minimum Gasteiger partial charge on any atom is -0.296 e. The molecule has 7 heteroatoms. The standard InChI is InChI=1S/C8H5ClN4OS/c9-6-3-5(1-2-10-6)7(14)12-8-13-11-4-15-8/h1-4H,(H,12,13,14). The van der Waals surface area contributed by atoms with Gasteiger partial charge in [-0.3, -0.25) is 10.1 Å². The maximum atomic E-state index is 11.6. The van der Waals surface area contributed by atoms with Crippen molar-refractivity contribution in [3.63, 3.8) is 0 Å². The number of halogens is 1. The molecule has 5 nitrogen and oxygen atoms in total. The van der Waals surface area contributed by atoms with E-state index in [1.807, 2.05) is 0 Å². The van der Waals surface area contributed by atoms with Crippen LogP contribution < -0.4 is 5.32 Å². The number of carbonyl (C=O) groups excluding carboxylic acids is 1. The lowest BCUT2D eigenvalue weighted by molar-refractivity contribution is 0.102. The van der Waals surface area contributed by atoms with Crippen molar-refractivity contribution in [2.45, 2.75) is 0 Å². The number of hydrogen-bond acceptors (Lipinski definition) is 5. The number of nitrogens with zero attached hydrogens (tertiary/aromatic N) is 3. The minimum atomic E-state index is -0.281. The average molecular weight is 241 g/mol. The van der Waals surface area contributed by atoms with Crippen LogP contribution in [0.4, 0.5) is 5.13 Å². The molecule has 0 spiro atoms. The van der Waals surface area contributed by atoms with E-state index in [4.69, 9.17) is 11.6 Å². The third kappa shape index (κ3) is 2.48. The molecule has 0 radical (unpaired) electrons. The summed E-state index contributed by atoms with van der Waals surface area (Å²) in [6.45, 7) is 0. The molecule has 0 saturated heterocycles. The molecular formula is C8H5ClN4OS. The second kappa shape index (κ2) is 4.33. The molecule has 2 heterocycles. The second-order valence-corrected chi connectivity index (χ2v) is 3.79. The maximum Gasteiger partial charge on any atom is 0.257 e. The lowest BCUT2D eigenvalue weighted by Gasteiger charge is -2.00. The minimum absolute atomic E-state index is 0.278. The lowest BCUT2D eigenvalue weighted by atomic mass is 10.2. The van der Waals surface area contributed by atoms with Crippen LogP contribution in [0.2, 0.25) is 5.15 Å². The summed E-state index contributed by atoms with van der Waals surface area (Å²) in [5.41, 5.74) is 1.97. The third-order valence-electron chi connectivity index (χ3n) is 1.57. The van der Waals surface area contributed by atoms with Crippen LogP contribution in [0.1, 0.15) is 10.4 Å². The van der Waals surface area contributed by atoms with Gasteiger partial charge in [0.05, 0.1) is 0 Å². The Bertz CT molecular complexity index is 473. The van der Waals surface area contributed by atoms with Gasteiger partial charge in [0.2, 0.25) is 5.13 Å². The first-order valence-corrected chi connectivity index (χ1v) is 5.20. The van der Waals surface area contributed by atoms with Crippen LogP contribution in [0.25, 0.3) is 0 Å². The summed E-state index contributed by atoms with van der Waals surface area (Å²) in [7, 11) is 0. The van der Waals surface area contributed by atoms with E-state index in [2.05, 4.69) is 20.5 Å². The highest BCUT2D eigenvalue weighted by molar-refractivity contribution is 7.13. The average Bonchev–Trinajstić information content (AvgIpc) is 2.70. The fourth-order valence-corrected chi connectivity index (χ4v) is 1.55. The summed E-state index contributed by atoms with van der Waals surface area (Å²) >= 11 is 6.90. The highest BCUT2D eigenvalue weighted by Crippen LogP contribution is 2.12. The zero-order valence-corrected chi connectivity index (χ0v) is 8.92. The highest BCUT2D eigenvalue weighted by Gasteiger charge is 2.08. The predicted molar refractivity (Wildman–Crippen MR) is 57.1 cm³/mol. The van der Waals surface area contributed by atoms with Crippen molar-refractivity contribution in [3.05, 3.63) is 34.6 Å². The molecule has 0 saturated carbocycles. The van der Waals surface area contributed by atoms with Gasteiger partial charge in [0.25, 0.3) is 5.91 Å². The maximum absolute atomic E-state index is 11.6. The quantitative estimate of drug-likeness (QED) is 0.814. The van der Waals surface area contributed by atoms with Gasteiger partial charge in [-0.2, -0.15) is 0 Å². The summed E-state index contributed by atoms with van der Waals surface area (Å²) in [6, 6.07) is 3.06. The molecular weight excluding hydrogens is 236 g/mol.